The Balaban J connectivity index is 1.89. The van der Waals surface area contributed by atoms with Crippen LogP contribution in [0.4, 0.5) is 0 Å². The van der Waals surface area contributed by atoms with Crippen molar-refractivity contribution in [3.05, 3.63) is 0 Å². The maximum absolute atomic E-state index is 11.8. The van der Waals surface area contributed by atoms with Gasteiger partial charge >= 0.3 is 0 Å². The third-order valence-electron chi connectivity index (χ3n) is 3.58. The van der Waals surface area contributed by atoms with Crippen LogP contribution in [0.15, 0.2) is 0 Å². The molecule has 3 N–H and O–H groups in total. The average molecular weight is 240 g/mol. The van der Waals surface area contributed by atoms with E-state index in [9.17, 15) is 4.79 Å². The summed E-state index contributed by atoms with van der Waals surface area (Å²) in [5.41, 5.74) is 0. The molecule has 0 aromatic rings. The zero-order valence-electron chi connectivity index (χ0n) is 10.7. The zero-order chi connectivity index (χ0) is 12.1. The minimum atomic E-state index is 0.0810. The van der Waals surface area contributed by atoms with Gasteiger partial charge in [0.1, 0.15) is 0 Å². The van der Waals surface area contributed by atoms with Gasteiger partial charge in [0.2, 0.25) is 5.91 Å². The van der Waals surface area contributed by atoms with E-state index in [1.807, 2.05) is 0 Å². The molecule has 0 aromatic heterocycles. The average Bonchev–Trinajstić information content (AvgIpc) is 2.35. The number of amides is 1. The van der Waals surface area contributed by atoms with E-state index in [2.05, 4.69) is 27.8 Å². The third kappa shape index (κ3) is 3.40. The third-order valence-corrected chi connectivity index (χ3v) is 3.58. The summed E-state index contributed by atoms with van der Waals surface area (Å²) < 4.78 is 0. The molecule has 98 valence electrons. The molecule has 1 unspecified atom stereocenters. The van der Waals surface area contributed by atoms with E-state index in [1.54, 1.807) is 0 Å². The first kappa shape index (κ1) is 12.8. The first-order valence-corrected chi connectivity index (χ1v) is 6.77. The highest BCUT2D eigenvalue weighted by molar-refractivity contribution is 5.82. The predicted octanol–water partition coefficient (Wildman–Crippen LogP) is -0.852. The van der Waals surface area contributed by atoms with E-state index in [-0.39, 0.29) is 11.9 Å². The molecule has 1 amide bonds. The van der Waals surface area contributed by atoms with Crippen molar-refractivity contribution in [1.29, 1.82) is 0 Å². The van der Waals surface area contributed by atoms with Gasteiger partial charge in [-0.15, -0.1) is 0 Å². The van der Waals surface area contributed by atoms with Gasteiger partial charge in [0, 0.05) is 45.3 Å². The quantitative estimate of drug-likeness (QED) is 0.599. The molecule has 5 nitrogen and oxygen atoms in total. The SMILES string of the molecule is CCCC1C(=O)NCCN1C[C@H]1CNCCN1. The highest BCUT2D eigenvalue weighted by atomic mass is 16.2. The Kier molecular flexibility index (Phi) is 4.76. The predicted molar refractivity (Wildman–Crippen MR) is 67.9 cm³/mol. The van der Waals surface area contributed by atoms with E-state index in [0.717, 1.165) is 52.1 Å². The molecule has 0 saturated carbocycles. The number of nitrogens with one attached hydrogen (secondary N) is 3. The van der Waals surface area contributed by atoms with Gasteiger partial charge in [-0.25, -0.2) is 0 Å². The molecule has 2 aliphatic rings. The highest BCUT2D eigenvalue weighted by Crippen LogP contribution is 2.11. The van der Waals surface area contributed by atoms with Crippen molar-refractivity contribution in [2.75, 3.05) is 39.3 Å². The van der Waals surface area contributed by atoms with Crippen molar-refractivity contribution in [3.63, 3.8) is 0 Å². The Morgan fingerprint density at radius 3 is 2.94 bits per heavy atom. The number of nitrogens with zero attached hydrogens (tertiary/aromatic N) is 1. The van der Waals surface area contributed by atoms with Gasteiger partial charge in [-0.05, 0) is 6.42 Å². The topological polar surface area (TPSA) is 56.4 Å². The standard InChI is InChI=1S/C12H24N4O/c1-2-3-11-12(17)15-6-7-16(11)9-10-8-13-4-5-14-10/h10-11,13-14H,2-9H2,1H3,(H,15,17)/t10-,11?/m1/s1. The summed E-state index contributed by atoms with van der Waals surface area (Å²) in [4.78, 5) is 14.2. The molecule has 2 aliphatic heterocycles. The fraction of sp³-hybridized carbons (Fsp3) is 0.917. The Labute approximate surface area is 103 Å². The van der Waals surface area contributed by atoms with E-state index in [0.29, 0.717) is 6.04 Å². The Hall–Kier alpha value is -0.650. The van der Waals surface area contributed by atoms with Gasteiger partial charge in [-0.2, -0.15) is 0 Å². The molecule has 0 radical (unpaired) electrons. The lowest BCUT2D eigenvalue weighted by atomic mass is 10.1. The van der Waals surface area contributed by atoms with Crippen LogP contribution in [0.5, 0.6) is 0 Å². The maximum atomic E-state index is 11.8. The normalized spacial score (nSPS) is 31.2. The molecular formula is C12H24N4O. The first-order valence-electron chi connectivity index (χ1n) is 6.77. The van der Waals surface area contributed by atoms with Crippen molar-refractivity contribution in [1.82, 2.24) is 20.9 Å². The number of hydrogen-bond donors (Lipinski definition) is 3. The molecule has 2 heterocycles. The van der Waals surface area contributed by atoms with Gasteiger partial charge in [0.25, 0.3) is 0 Å². The number of carbonyl (C=O) groups is 1. The second-order valence-corrected chi connectivity index (χ2v) is 4.95. The second kappa shape index (κ2) is 6.33. The minimum absolute atomic E-state index is 0.0810. The van der Waals surface area contributed by atoms with E-state index in [4.69, 9.17) is 0 Å². The van der Waals surface area contributed by atoms with Gasteiger partial charge < -0.3 is 16.0 Å². The van der Waals surface area contributed by atoms with Crippen molar-refractivity contribution < 1.29 is 4.79 Å². The molecule has 5 heteroatoms. The lowest BCUT2D eigenvalue weighted by Gasteiger charge is -2.38. The zero-order valence-corrected chi connectivity index (χ0v) is 10.7. The van der Waals surface area contributed by atoms with Crippen LogP contribution in [0, 0.1) is 0 Å². The number of carbonyl (C=O) groups excluding carboxylic acids is 1. The molecule has 17 heavy (non-hydrogen) atoms. The minimum Gasteiger partial charge on any atom is -0.353 e. The van der Waals surface area contributed by atoms with Gasteiger partial charge in [-0.1, -0.05) is 13.3 Å². The number of rotatable bonds is 4. The Morgan fingerprint density at radius 1 is 1.35 bits per heavy atom. The Bertz CT molecular complexity index is 253. The summed E-state index contributed by atoms with van der Waals surface area (Å²) >= 11 is 0. The summed E-state index contributed by atoms with van der Waals surface area (Å²) in [5, 5.41) is 9.87. The molecular weight excluding hydrogens is 216 g/mol. The van der Waals surface area contributed by atoms with Gasteiger partial charge in [0.05, 0.1) is 6.04 Å². The van der Waals surface area contributed by atoms with Crippen molar-refractivity contribution in [2.24, 2.45) is 0 Å². The Morgan fingerprint density at radius 2 is 2.24 bits per heavy atom. The van der Waals surface area contributed by atoms with Gasteiger partial charge in [0.15, 0.2) is 0 Å². The first-order chi connectivity index (χ1) is 8.31. The van der Waals surface area contributed by atoms with Crippen LogP contribution in [0.3, 0.4) is 0 Å². The highest BCUT2D eigenvalue weighted by Gasteiger charge is 2.30. The number of piperazine rings is 2. The maximum Gasteiger partial charge on any atom is 0.237 e. The molecule has 2 fully saturated rings. The summed E-state index contributed by atoms with van der Waals surface area (Å²) in [6, 6.07) is 0.562. The van der Waals surface area contributed by atoms with E-state index < -0.39 is 0 Å². The summed E-state index contributed by atoms with van der Waals surface area (Å²) in [6.07, 6.45) is 2.02. The van der Waals surface area contributed by atoms with Crippen LogP contribution < -0.4 is 16.0 Å². The molecule has 0 aliphatic carbocycles. The summed E-state index contributed by atoms with van der Waals surface area (Å²) in [6.45, 7) is 7.98. The fourth-order valence-electron chi connectivity index (χ4n) is 2.69. The lowest BCUT2D eigenvalue weighted by Crippen LogP contribution is -2.60. The van der Waals surface area contributed by atoms with E-state index in [1.165, 1.54) is 0 Å². The smallest absolute Gasteiger partial charge is 0.237 e. The van der Waals surface area contributed by atoms with Crippen molar-refractivity contribution in [2.45, 2.75) is 31.8 Å². The largest absolute Gasteiger partial charge is 0.353 e. The summed E-state index contributed by atoms with van der Waals surface area (Å²) in [7, 11) is 0. The molecule has 0 bridgehead atoms. The van der Waals surface area contributed by atoms with Gasteiger partial charge in [-0.3, -0.25) is 9.69 Å². The molecule has 2 rings (SSSR count). The van der Waals surface area contributed by atoms with Crippen LogP contribution in [0.1, 0.15) is 19.8 Å². The van der Waals surface area contributed by atoms with Crippen LogP contribution in [-0.2, 0) is 4.79 Å². The van der Waals surface area contributed by atoms with Crippen LogP contribution >= 0.6 is 0 Å². The van der Waals surface area contributed by atoms with Crippen LogP contribution in [0.25, 0.3) is 0 Å². The van der Waals surface area contributed by atoms with E-state index >= 15 is 0 Å². The summed E-state index contributed by atoms with van der Waals surface area (Å²) in [5.74, 6) is 0.210. The van der Waals surface area contributed by atoms with Crippen LogP contribution in [0.2, 0.25) is 0 Å². The lowest BCUT2D eigenvalue weighted by molar-refractivity contribution is -0.129. The molecule has 0 aromatic carbocycles. The van der Waals surface area contributed by atoms with Crippen molar-refractivity contribution >= 4 is 5.91 Å². The van der Waals surface area contributed by atoms with Crippen LogP contribution in [-0.4, -0.2) is 62.2 Å². The molecule has 0 spiro atoms. The second-order valence-electron chi connectivity index (χ2n) is 4.95. The van der Waals surface area contributed by atoms with Crippen molar-refractivity contribution in [3.8, 4) is 0 Å². The fourth-order valence-corrected chi connectivity index (χ4v) is 2.69. The number of hydrogen-bond acceptors (Lipinski definition) is 4. The molecule has 2 atom stereocenters. The molecule has 2 saturated heterocycles. The monoisotopic (exact) mass is 240 g/mol.